The fourth-order valence-electron chi connectivity index (χ4n) is 2.34. The monoisotopic (exact) mass is 270 g/mol. The fraction of sp³-hybridized carbons (Fsp3) is 0.294. The van der Waals surface area contributed by atoms with E-state index in [2.05, 4.69) is 35.8 Å². The first kappa shape index (κ1) is 14.6. The zero-order valence-corrected chi connectivity index (χ0v) is 11.9. The van der Waals surface area contributed by atoms with Crippen LogP contribution in [-0.2, 0) is 6.42 Å². The number of nitrogens with one attached hydrogen (secondary N) is 1. The van der Waals surface area contributed by atoms with Crippen molar-refractivity contribution >= 4 is 0 Å². The van der Waals surface area contributed by atoms with Crippen molar-refractivity contribution in [3.8, 4) is 5.75 Å². The van der Waals surface area contributed by atoms with Crippen LogP contribution in [0.15, 0.2) is 54.6 Å². The predicted molar refractivity (Wildman–Crippen MR) is 82.4 cm³/mol. The zero-order chi connectivity index (χ0) is 14.2. The Morgan fingerprint density at radius 2 is 1.75 bits per heavy atom. The van der Waals surface area contributed by atoms with Crippen molar-refractivity contribution in [2.24, 2.45) is 5.84 Å². The summed E-state index contributed by atoms with van der Waals surface area (Å²) in [5.74, 6) is 6.64. The first-order valence-electron chi connectivity index (χ1n) is 7.07. The molecular formula is C17H22N2O. The number of hydrogen-bond donors (Lipinski definition) is 2. The molecule has 0 aromatic heterocycles. The molecular weight excluding hydrogens is 248 g/mol. The highest BCUT2D eigenvalue weighted by atomic mass is 16.5. The van der Waals surface area contributed by atoms with E-state index in [4.69, 9.17) is 10.6 Å². The molecule has 0 spiro atoms. The molecule has 2 rings (SSSR count). The molecule has 0 aliphatic rings. The third-order valence-electron chi connectivity index (χ3n) is 3.36. The minimum absolute atomic E-state index is 0.0953. The minimum Gasteiger partial charge on any atom is -0.494 e. The Morgan fingerprint density at radius 3 is 2.45 bits per heavy atom. The Labute approximate surface area is 120 Å². The first-order valence-corrected chi connectivity index (χ1v) is 7.07. The minimum atomic E-state index is 0.0953. The third-order valence-corrected chi connectivity index (χ3v) is 3.36. The lowest BCUT2D eigenvalue weighted by molar-refractivity contribution is 0.330. The molecule has 3 nitrogen and oxygen atoms in total. The third kappa shape index (κ3) is 3.83. The van der Waals surface area contributed by atoms with Gasteiger partial charge in [-0.15, -0.1) is 0 Å². The molecule has 0 radical (unpaired) electrons. The van der Waals surface area contributed by atoms with E-state index in [1.807, 2.05) is 31.2 Å². The predicted octanol–water partition coefficient (Wildman–Crippen LogP) is 3.22. The van der Waals surface area contributed by atoms with E-state index >= 15 is 0 Å². The van der Waals surface area contributed by atoms with Crippen LogP contribution in [0, 0.1) is 0 Å². The van der Waals surface area contributed by atoms with E-state index in [-0.39, 0.29) is 6.04 Å². The van der Waals surface area contributed by atoms with Gasteiger partial charge in [0.15, 0.2) is 0 Å². The smallest absolute Gasteiger partial charge is 0.124 e. The normalized spacial score (nSPS) is 12.1. The van der Waals surface area contributed by atoms with Crippen molar-refractivity contribution < 1.29 is 4.74 Å². The van der Waals surface area contributed by atoms with Crippen molar-refractivity contribution in [1.29, 1.82) is 0 Å². The van der Waals surface area contributed by atoms with Gasteiger partial charge in [-0.3, -0.25) is 11.3 Å². The fourth-order valence-corrected chi connectivity index (χ4v) is 2.34. The molecule has 1 atom stereocenters. The molecule has 0 saturated heterocycles. The maximum absolute atomic E-state index is 5.73. The van der Waals surface area contributed by atoms with Gasteiger partial charge in [0, 0.05) is 11.6 Å². The van der Waals surface area contributed by atoms with Gasteiger partial charge in [-0.25, -0.2) is 0 Å². The second-order valence-electron chi connectivity index (χ2n) is 4.71. The Kier molecular flexibility index (Phi) is 5.59. The Morgan fingerprint density at radius 1 is 1.05 bits per heavy atom. The lowest BCUT2D eigenvalue weighted by atomic mass is 9.99. The Bertz CT molecular complexity index is 513. The largest absolute Gasteiger partial charge is 0.494 e. The van der Waals surface area contributed by atoms with E-state index in [1.54, 1.807) is 0 Å². The van der Waals surface area contributed by atoms with E-state index in [0.29, 0.717) is 6.61 Å². The van der Waals surface area contributed by atoms with Crippen molar-refractivity contribution in [3.05, 3.63) is 65.7 Å². The van der Waals surface area contributed by atoms with Gasteiger partial charge in [-0.05, 0) is 31.4 Å². The van der Waals surface area contributed by atoms with Crippen LogP contribution in [0.3, 0.4) is 0 Å². The molecule has 0 aliphatic heterocycles. The summed E-state index contributed by atoms with van der Waals surface area (Å²) in [4.78, 5) is 0. The maximum atomic E-state index is 5.73. The standard InChI is InChI=1S/C17H22N2O/c1-2-20-17-11-7-6-10-15(17)16(19-18)13-12-14-8-4-3-5-9-14/h3-11,16,19H,2,12-13,18H2,1H3. The number of hydrazine groups is 1. The van der Waals surface area contributed by atoms with E-state index < -0.39 is 0 Å². The summed E-state index contributed by atoms with van der Waals surface area (Å²) in [6, 6.07) is 18.6. The molecule has 2 aromatic carbocycles. The molecule has 20 heavy (non-hydrogen) atoms. The van der Waals surface area contributed by atoms with Gasteiger partial charge in [0.1, 0.15) is 5.75 Å². The van der Waals surface area contributed by atoms with Crippen LogP contribution < -0.4 is 16.0 Å². The van der Waals surface area contributed by atoms with Crippen LogP contribution in [0.4, 0.5) is 0 Å². The second-order valence-corrected chi connectivity index (χ2v) is 4.71. The van der Waals surface area contributed by atoms with Gasteiger partial charge in [0.2, 0.25) is 0 Å². The summed E-state index contributed by atoms with van der Waals surface area (Å²) in [5, 5.41) is 0. The molecule has 3 N–H and O–H groups in total. The molecule has 3 heteroatoms. The number of para-hydroxylation sites is 1. The summed E-state index contributed by atoms with van der Waals surface area (Å²) in [5.41, 5.74) is 5.35. The van der Waals surface area contributed by atoms with Crippen molar-refractivity contribution in [3.63, 3.8) is 0 Å². The summed E-state index contributed by atoms with van der Waals surface area (Å²) in [6.45, 7) is 2.65. The Balaban J connectivity index is 2.08. The van der Waals surface area contributed by atoms with Crippen molar-refractivity contribution in [2.45, 2.75) is 25.8 Å². The molecule has 0 fully saturated rings. The van der Waals surface area contributed by atoms with Gasteiger partial charge in [-0.1, -0.05) is 48.5 Å². The molecule has 0 saturated carbocycles. The SMILES string of the molecule is CCOc1ccccc1C(CCc1ccccc1)NN. The van der Waals surface area contributed by atoms with Crippen LogP contribution in [0.2, 0.25) is 0 Å². The molecule has 0 amide bonds. The van der Waals surface area contributed by atoms with Gasteiger partial charge in [0.25, 0.3) is 0 Å². The number of ether oxygens (including phenoxy) is 1. The molecule has 0 bridgehead atoms. The van der Waals surface area contributed by atoms with Gasteiger partial charge < -0.3 is 4.74 Å². The van der Waals surface area contributed by atoms with Gasteiger partial charge in [0.05, 0.1) is 6.61 Å². The lowest BCUT2D eigenvalue weighted by Gasteiger charge is -2.19. The Hall–Kier alpha value is -1.84. The average molecular weight is 270 g/mol. The number of benzene rings is 2. The van der Waals surface area contributed by atoms with E-state index in [9.17, 15) is 0 Å². The number of rotatable bonds is 7. The maximum Gasteiger partial charge on any atom is 0.124 e. The summed E-state index contributed by atoms with van der Waals surface area (Å²) < 4.78 is 5.68. The number of aryl methyl sites for hydroxylation is 1. The molecule has 0 aliphatic carbocycles. The molecule has 1 unspecified atom stereocenters. The van der Waals surface area contributed by atoms with Crippen LogP contribution >= 0.6 is 0 Å². The van der Waals surface area contributed by atoms with Gasteiger partial charge in [-0.2, -0.15) is 0 Å². The molecule has 0 heterocycles. The van der Waals surface area contributed by atoms with Crippen LogP contribution in [-0.4, -0.2) is 6.61 Å². The summed E-state index contributed by atoms with van der Waals surface area (Å²) in [6.07, 6.45) is 1.92. The van der Waals surface area contributed by atoms with Crippen LogP contribution in [0.5, 0.6) is 5.75 Å². The molecule has 2 aromatic rings. The lowest BCUT2D eigenvalue weighted by Crippen LogP contribution is -2.28. The zero-order valence-electron chi connectivity index (χ0n) is 11.9. The second kappa shape index (κ2) is 7.68. The van der Waals surface area contributed by atoms with Crippen LogP contribution in [0.1, 0.15) is 30.5 Å². The quantitative estimate of drug-likeness (QED) is 0.600. The number of hydrogen-bond acceptors (Lipinski definition) is 3. The van der Waals surface area contributed by atoms with Crippen LogP contribution in [0.25, 0.3) is 0 Å². The average Bonchev–Trinajstić information content (AvgIpc) is 2.51. The van der Waals surface area contributed by atoms with E-state index in [0.717, 1.165) is 24.2 Å². The molecule has 106 valence electrons. The van der Waals surface area contributed by atoms with E-state index in [1.165, 1.54) is 5.56 Å². The summed E-state index contributed by atoms with van der Waals surface area (Å²) in [7, 11) is 0. The highest BCUT2D eigenvalue weighted by Crippen LogP contribution is 2.27. The first-order chi connectivity index (χ1) is 9.85. The van der Waals surface area contributed by atoms with Crippen molar-refractivity contribution in [1.82, 2.24) is 5.43 Å². The highest BCUT2D eigenvalue weighted by molar-refractivity contribution is 5.36. The summed E-state index contributed by atoms with van der Waals surface area (Å²) >= 11 is 0. The number of nitrogens with two attached hydrogens (primary N) is 1. The van der Waals surface area contributed by atoms with Crippen molar-refractivity contribution in [2.75, 3.05) is 6.61 Å². The topological polar surface area (TPSA) is 47.3 Å². The highest BCUT2D eigenvalue weighted by Gasteiger charge is 2.14. The van der Waals surface area contributed by atoms with Gasteiger partial charge >= 0.3 is 0 Å².